The third-order valence-corrected chi connectivity index (χ3v) is 3.61. The van der Waals surface area contributed by atoms with Crippen LogP contribution in [-0.4, -0.2) is 16.2 Å². The van der Waals surface area contributed by atoms with Crippen LogP contribution in [0.3, 0.4) is 0 Å². The van der Waals surface area contributed by atoms with Crippen LogP contribution in [0, 0.1) is 0 Å². The van der Waals surface area contributed by atoms with Crippen molar-refractivity contribution in [1.82, 2.24) is 9.55 Å². The van der Waals surface area contributed by atoms with Crippen molar-refractivity contribution in [2.75, 3.05) is 6.61 Å². The molecule has 0 spiro atoms. The van der Waals surface area contributed by atoms with Crippen molar-refractivity contribution < 1.29 is 4.74 Å². The fourth-order valence-corrected chi connectivity index (χ4v) is 2.68. The van der Waals surface area contributed by atoms with Gasteiger partial charge in [0.2, 0.25) is 0 Å². The predicted octanol–water partition coefficient (Wildman–Crippen LogP) is 2.37. The van der Waals surface area contributed by atoms with Gasteiger partial charge in [0.1, 0.15) is 11.9 Å². The normalized spacial score (nSPS) is 19.8. The molecule has 1 aliphatic rings. The van der Waals surface area contributed by atoms with E-state index in [9.17, 15) is 0 Å². The highest BCUT2D eigenvalue weighted by Gasteiger charge is 2.23. The maximum absolute atomic E-state index is 5.76. The molecule has 0 bridgehead atoms. The Kier molecular flexibility index (Phi) is 3.06. The van der Waals surface area contributed by atoms with Crippen LogP contribution >= 0.6 is 0 Å². The van der Waals surface area contributed by atoms with Crippen molar-refractivity contribution >= 4 is 11.0 Å². The lowest BCUT2D eigenvalue weighted by atomic mass is 10.2. The summed E-state index contributed by atoms with van der Waals surface area (Å²) in [6.07, 6.45) is 2.37. The van der Waals surface area contributed by atoms with Gasteiger partial charge in [-0.3, -0.25) is 0 Å². The Morgan fingerprint density at radius 1 is 1.50 bits per heavy atom. The SMILES string of the molecule is CCn1c(C2CCCO2)nc2cc(CN)ccc21. The molecule has 2 aromatic rings. The summed E-state index contributed by atoms with van der Waals surface area (Å²) in [7, 11) is 0. The maximum Gasteiger partial charge on any atom is 0.139 e. The van der Waals surface area contributed by atoms with Crippen molar-refractivity contribution in [1.29, 1.82) is 0 Å². The summed E-state index contributed by atoms with van der Waals surface area (Å²) in [4.78, 5) is 4.76. The van der Waals surface area contributed by atoms with Gasteiger partial charge in [-0.15, -0.1) is 0 Å². The van der Waals surface area contributed by atoms with Crippen LogP contribution in [-0.2, 0) is 17.8 Å². The van der Waals surface area contributed by atoms with Gasteiger partial charge >= 0.3 is 0 Å². The van der Waals surface area contributed by atoms with Gasteiger partial charge in [-0.2, -0.15) is 0 Å². The minimum absolute atomic E-state index is 0.165. The topological polar surface area (TPSA) is 53.1 Å². The Bertz CT molecular complexity index is 555. The number of hydrogen-bond donors (Lipinski definition) is 1. The second-order valence-electron chi connectivity index (χ2n) is 4.74. The highest BCUT2D eigenvalue weighted by molar-refractivity contribution is 5.77. The highest BCUT2D eigenvalue weighted by atomic mass is 16.5. The lowest BCUT2D eigenvalue weighted by molar-refractivity contribution is 0.102. The first-order valence-electron chi connectivity index (χ1n) is 6.64. The molecule has 2 heterocycles. The molecular weight excluding hydrogens is 226 g/mol. The van der Waals surface area contributed by atoms with E-state index in [2.05, 4.69) is 29.7 Å². The number of ether oxygens (including phenoxy) is 1. The number of fused-ring (bicyclic) bond motifs is 1. The van der Waals surface area contributed by atoms with Crippen LogP contribution < -0.4 is 5.73 Å². The lowest BCUT2D eigenvalue weighted by Crippen LogP contribution is -2.07. The standard InChI is InChI=1S/C14H19N3O/c1-2-17-12-6-5-10(9-15)8-11(12)16-14(17)13-4-3-7-18-13/h5-6,8,13H,2-4,7,9,15H2,1H3. The number of imidazole rings is 1. The summed E-state index contributed by atoms with van der Waals surface area (Å²) >= 11 is 0. The molecule has 18 heavy (non-hydrogen) atoms. The Morgan fingerprint density at radius 3 is 3.06 bits per heavy atom. The number of aromatic nitrogens is 2. The lowest BCUT2D eigenvalue weighted by Gasteiger charge is -2.11. The third-order valence-electron chi connectivity index (χ3n) is 3.61. The van der Waals surface area contributed by atoms with Crippen molar-refractivity contribution in [3.63, 3.8) is 0 Å². The Morgan fingerprint density at radius 2 is 2.39 bits per heavy atom. The highest BCUT2D eigenvalue weighted by Crippen LogP contribution is 2.30. The van der Waals surface area contributed by atoms with Crippen molar-refractivity contribution in [3.8, 4) is 0 Å². The zero-order chi connectivity index (χ0) is 12.5. The molecule has 1 aromatic heterocycles. The smallest absolute Gasteiger partial charge is 0.139 e. The van der Waals surface area contributed by atoms with Crippen molar-refractivity contribution in [2.45, 2.75) is 39.0 Å². The van der Waals surface area contributed by atoms with Gasteiger partial charge in [0.15, 0.2) is 0 Å². The molecule has 1 fully saturated rings. The monoisotopic (exact) mass is 245 g/mol. The fourth-order valence-electron chi connectivity index (χ4n) is 2.68. The van der Waals surface area contributed by atoms with E-state index in [-0.39, 0.29) is 6.10 Å². The maximum atomic E-state index is 5.76. The molecule has 1 atom stereocenters. The van der Waals surface area contributed by atoms with Crippen LogP contribution in [0.2, 0.25) is 0 Å². The molecule has 1 aromatic carbocycles. The molecule has 1 unspecified atom stereocenters. The second-order valence-corrected chi connectivity index (χ2v) is 4.74. The number of aryl methyl sites for hydroxylation is 1. The van der Waals surface area contributed by atoms with E-state index in [0.29, 0.717) is 6.54 Å². The Hall–Kier alpha value is -1.39. The van der Waals surface area contributed by atoms with Gasteiger partial charge in [0.25, 0.3) is 0 Å². The molecule has 1 aliphatic heterocycles. The molecule has 2 N–H and O–H groups in total. The Labute approximate surface area is 107 Å². The van der Waals surface area contributed by atoms with Crippen LogP contribution in [0.1, 0.15) is 37.3 Å². The fraction of sp³-hybridized carbons (Fsp3) is 0.500. The largest absolute Gasteiger partial charge is 0.370 e. The van der Waals surface area contributed by atoms with Crippen LogP contribution in [0.15, 0.2) is 18.2 Å². The molecule has 0 amide bonds. The molecule has 96 valence electrons. The molecule has 0 saturated carbocycles. The van der Waals surface area contributed by atoms with Gasteiger partial charge < -0.3 is 15.0 Å². The minimum atomic E-state index is 0.165. The zero-order valence-corrected chi connectivity index (χ0v) is 10.7. The summed E-state index contributed by atoms with van der Waals surface area (Å²) in [6, 6.07) is 6.28. The molecule has 4 nitrogen and oxygen atoms in total. The number of nitrogens with zero attached hydrogens (tertiary/aromatic N) is 2. The van der Waals surface area contributed by atoms with E-state index in [4.69, 9.17) is 15.5 Å². The number of hydrogen-bond acceptors (Lipinski definition) is 3. The van der Waals surface area contributed by atoms with Crippen LogP contribution in [0.5, 0.6) is 0 Å². The van der Waals surface area contributed by atoms with Crippen LogP contribution in [0.25, 0.3) is 11.0 Å². The zero-order valence-electron chi connectivity index (χ0n) is 10.7. The van der Waals surface area contributed by atoms with Gasteiger partial charge in [-0.1, -0.05) is 6.07 Å². The first-order chi connectivity index (χ1) is 8.83. The summed E-state index contributed by atoms with van der Waals surface area (Å²) < 4.78 is 8.02. The molecule has 3 rings (SSSR count). The van der Waals surface area contributed by atoms with Gasteiger partial charge in [0.05, 0.1) is 11.0 Å². The summed E-state index contributed by atoms with van der Waals surface area (Å²) in [5.41, 5.74) is 9.02. The Balaban J connectivity index is 2.12. The van der Waals surface area contributed by atoms with E-state index in [1.54, 1.807) is 0 Å². The molecule has 0 aliphatic carbocycles. The van der Waals surface area contributed by atoms with Gasteiger partial charge in [-0.05, 0) is 37.5 Å². The van der Waals surface area contributed by atoms with E-state index < -0.39 is 0 Å². The van der Waals surface area contributed by atoms with Gasteiger partial charge in [0, 0.05) is 19.7 Å². The van der Waals surface area contributed by atoms with Crippen LogP contribution in [0.4, 0.5) is 0 Å². The predicted molar refractivity (Wildman–Crippen MR) is 71.2 cm³/mol. The third kappa shape index (κ3) is 1.82. The summed E-state index contributed by atoms with van der Waals surface area (Å²) in [5.74, 6) is 1.07. The van der Waals surface area contributed by atoms with E-state index >= 15 is 0 Å². The van der Waals surface area contributed by atoms with E-state index in [0.717, 1.165) is 42.9 Å². The number of nitrogens with two attached hydrogens (primary N) is 1. The molecule has 4 heteroatoms. The van der Waals surface area contributed by atoms with Crippen molar-refractivity contribution in [3.05, 3.63) is 29.6 Å². The quantitative estimate of drug-likeness (QED) is 0.903. The summed E-state index contributed by atoms with van der Waals surface area (Å²) in [5, 5.41) is 0. The second kappa shape index (κ2) is 4.71. The number of benzene rings is 1. The minimum Gasteiger partial charge on any atom is -0.370 e. The number of rotatable bonds is 3. The first kappa shape index (κ1) is 11.7. The van der Waals surface area contributed by atoms with Crippen molar-refractivity contribution in [2.24, 2.45) is 5.73 Å². The molecular formula is C14H19N3O. The van der Waals surface area contributed by atoms with E-state index in [1.807, 2.05) is 0 Å². The van der Waals surface area contributed by atoms with E-state index in [1.165, 1.54) is 5.52 Å². The molecule has 0 radical (unpaired) electrons. The van der Waals surface area contributed by atoms with Gasteiger partial charge in [-0.25, -0.2) is 4.98 Å². The summed E-state index contributed by atoms with van der Waals surface area (Å²) in [6.45, 7) is 4.49. The average Bonchev–Trinajstić information content (AvgIpc) is 3.04. The average molecular weight is 245 g/mol. The molecule has 1 saturated heterocycles. The first-order valence-corrected chi connectivity index (χ1v) is 6.64.